The first kappa shape index (κ1) is 19.3. The Kier molecular flexibility index (Phi) is 7.89. The second-order valence-corrected chi connectivity index (χ2v) is 5.63. The summed E-state index contributed by atoms with van der Waals surface area (Å²) >= 11 is 12.5. The number of benzene rings is 1. The lowest BCUT2D eigenvalue weighted by Gasteiger charge is -2.18. The third-order valence-electron chi connectivity index (χ3n) is 3.21. The van der Waals surface area contributed by atoms with Gasteiger partial charge in [0.05, 0.1) is 22.1 Å². The summed E-state index contributed by atoms with van der Waals surface area (Å²) in [6.07, 6.45) is 7.10. The van der Waals surface area contributed by atoms with Crippen LogP contribution in [0, 0.1) is 0 Å². The Labute approximate surface area is 147 Å². The Hall–Kier alpha value is -1.75. The lowest BCUT2D eigenvalue weighted by molar-refractivity contribution is 0.728. The lowest BCUT2D eigenvalue weighted by atomic mass is 10.1. The summed E-state index contributed by atoms with van der Waals surface area (Å²) in [5, 5.41) is 4.07. The Morgan fingerprint density at radius 2 is 1.96 bits per heavy atom. The summed E-state index contributed by atoms with van der Waals surface area (Å²) < 4.78 is 0. The number of halogens is 2. The maximum atomic E-state index is 6.27. The van der Waals surface area contributed by atoms with Gasteiger partial charge in [-0.25, -0.2) is 4.99 Å². The molecule has 0 aliphatic carbocycles. The van der Waals surface area contributed by atoms with E-state index in [1.54, 1.807) is 12.1 Å². The molecule has 0 bridgehead atoms. The summed E-state index contributed by atoms with van der Waals surface area (Å²) in [4.78, 5) is 3.96. The quantitative estimate of drug-likeness (QED) is 0.394. The predicted octanol–water partition coefficient (Wildman–Crippen LogP) is 4.02. The topological polar surface area (TPSA) is 76.4 Å². The number of aliphatic imine (C=N–C) groups is 1. The minimum absolute atomic E-state index is 0.161. The molecule has 4 nitrogen and oxygen atoms in total. The number of nitrogens with zero attached hydrogens (tertiary/aromatic N) is 1. The summed E-state index contributed by atoms with van der Waals surface area (Å²) in [6.45, 7) is 8.41. The molecule has 0 saturated carbocycles. The average Bonchev–Trinajstić information content (AvgIpc) is 2.49. The number of hydrogen-bond acceptors (Lipinski definition) is 3. The van der Waals surface area contributed by atoms with Crippen molar-refractivity contribution in [3.63, 3.8) is 0 Å². The summed E-state index contributed by atoms with van der Waals surface area (Å²) in [5.74, 6) is 0. The molecule has 1 aromatic rings. The van der Waals surface area contributed by atoms with Crippen LogP contribution in [0.25, 0.3) is 5.70 Å². The van der Waals surface area contributed by atoms with Gasteiger partial charge in [-0.15, -0.1) is 0 Å². The van der Waals surface area contributed by atoms with Crippen LogP contribution in [-0.2, 0) is 0 Å². The van der Waals surface area contributed by atoms with E-state index < -0.39 is 0 Å². The van der Waals surface area contributed by atoms with Crippen molar-refractivity contribution in [3.8, 4) is 0 Å². The van der Waals surface area contributed by atoms with Crippen LogP contribution >= 0.6 is 23.2 Å². The lowest BCUT2D eigenvalue weighted by Crippen LogP contribution is -2.34. The summed E-state index contributed by atoms with van der Waals surface area (Å²) in [7, 11) is 0. The highest BCUT2D eigenvalue weighted by molar-refractivity contribution is 6.38. The Morgan fingerprint density at radius 3 is 2.43 bits per heavy atom. The zero-order valence-corrected chi connectivity index (χ0v) is 14.8. The molecule has 0 aliphatic heterocycles. The van der Waals surface area contributed by atoms with Gasteiger partial charge in [-0.3, -0.25) is 0 Å². The molecule has 6 heteroatoms. The van der Waals surface area contributed by atoms with E-state index >= 15 is 0 Å². The van der Waals surface area contributed by atoms with Crippen molar-refractivity contribution >= 4 is 40.9 Å². The van der Waals surface area contributed by atoms with Crippen molar-refractivity contribution in [2.75, 3.05) is 6.54 Å². The predicted molar refractivity (Wildman–Crippen MR) is 102 cm³/mol. The van der Waals surface area contributed by atoms with Gasteiger partial charge in [0.2, 0.25) is 0 Å². The average molecular weight is 353 g/mol. The van der Waals surface area contributed by atoms with Crippen LogP contribution in [0.3, 0.4) is 0 Å². The molecule has 0 heterocycles. The van der Waals surface area contributed by atoms with E-state index in [2.05, 4.69) is 16.9 Å². The Balaban J connectivity index is 2.87. The monoisotopic (exact) mass is 352 g/mol. The minimum atomic E-state index is -0.161. The maximum Gasteiger partial charge on any atom is 0.0860 e. The molecule has 5 N–H and O–H groups in total. The van der Waals surface area contributed by atoms with Gasteiger partial charge >= 0.3 is 0 Å². The van der Waals surface area contributed by atoms with Gasteiger partial charge in [-0.1, -0.05) is 48.0 Å². The molecule has 0 radical (unpaired) electrons. The second kappa shape index (κ2) is 9.40. The highest BCUT2D eigenvalue weighted by Gasteiger charge is 2.13. The molecule has 23 heavy (non-hydrogen) atoms. The van der Waals surface area contributed by atoms with E-state index in [-0.39, 0.29) is 6.04 Å². The smallest absolute Gasteiger partial charge is 0.0860 e. The molecule has 0 aromatic heterocycles. The van der Waals surface area contributed by atoms with Crippen molar-refractivity contribution in [2.24, 2.45) is 16.5 Å². The van der Waals surface area contributed by atoms with Gasteiger partial charge in [-0.2, -0.15) is 0 Å². The van der Waals surface area contributed by atoms with E-state index in [0.717, 1.165) is 5.57 Å². The first-order chi connectivity index (χ1) is 10.9. The van der Waals surface area contributed by atoms with Crippen LogP contribution < -0.4 is 16.8 Å². The number of nitrogens with one attached hydrogen (secondary N) is 1. The van der Waals surface area contributed by atoms with Crippen molar-refractivity contribution in [1.29, 1.82) is 0 Å². The summed E-state index contributed by atoms with van der Waals surface area (Å²) in [5.41, 5.74) is 14.3. The zero-order chi connectivity index (χ0) is 17.4. The van der Waals surface area contributed by atoms with Crippen molar-refractivity contribution < 1.29 is 0 Å². The fraction of sp³-hybridized carbons (Fsp3) is 0.235. The van der Waals surface area contributed by atoms with E-state index in [0.29, 0.717) is 33.5 Å². The van der Waals surface area contributed by atoms with Crippen molar-refractivity contribution in [2.45, 2.75) is 19.9 Å². The first-order valence-electron chi connectivity index (χ1n) is 7.15. The van der Waals surface area contributed by atoms with Crippen LogP contribution in [0.1, 0.15) is 19.4 Å². The first-order valence-corrected chi connectivity index (χ1v) is 7.91. The third kappa shape index (κ3) is 5.43. The number of nitrogens with two attached hydrogens (primary N) is 2. The second-order valence-electron chi connectivity index (χ2n) is 4.82. The van der Waals surface area contributed by atoms with E-state index in [9.17, 15) is 0 Å². The molecule has 1 atom stereocenters. The van der Waals surface area contributed by atoms with Gasteiger partial charge in [0, 0.05) is 23.8 Å². The molecular formula is C17H22Cl2N4. The van der Waals surface area contributed by atoms with E-state index in [1.807, 2.05) is 32.1 Å². The van der Waals surface area contributed by atoms with E-state index in [1.165, 1.54) is 6.34 Å². The van der Waals surface area contributed by atoms with Gasteiger partial charge in [-0.05, 0) is 31.6 Å². The molecule has 0 spiro atoms. The van der Waals surface area contributed by atoms with Crippen LogP contribution in [0.4, 0.5) is 5.69 Å². The molecule has 0 fully saturated rings. The van der Waals surface area contributed by atoms with Crippen LogP contribution in [0.15, 0.2) is 47.5 Å². The Bertz CT molecular complexity index is 625. The molecule has 0 saturated heterocycles. The fourth-order valence-corrected chi connectivity index (χ4v) is 2.78. The molecular weight excluding hydrogens is 331 g/mol. The summed E-state index contributed by atoms with van der Waals surface area (Å²) in [6, 6.07) is 3.19. The van der Waals surface area contributed by atoms with Gasteiger partial charge in [0.1, 0.15) is 0 Å². The number of rotatable bonds is 7. The third-order valence-corrected chi connectivity index (χ3v) is 3.80. The van der Waals surface area contributed by atoms with Crippen molar-refractivity contribution in [1.82, 2.24) is 5.32 Å². The standard InChI is InChI=1S/C17H22Cl2N4/c1-4-6-12(5-2)16(21)9-22-11(3)17-14(18)7-13(23-10-20)8-15(17)19/h4-8,10,16,22H,3,9,21H2,1-2H3,(H2,20,23)/b6-4-,12-5+. The van der Waals surface area contributed by atoms with Crippen molar-refractivity contribution in [3.05, 3.63) is 58.1 Å². The van der Waals surface area contributed by atoms with Gasteiger partial charge in [0.15, 0.2) is 0 Å². The molecule has 1 aromatic carbocycles. The number of hydrogen-bond donors (Lipinski definition) is 3. The van der Waals surface area contributed by atoms with Crippen LogP contribution in [0.5, 0.6) is 0 Å². The molecule has 1 rings (SSSR count). The van der Waals surface area contributed by atoms with Crippen LogP contribution in [-0.4, -0.2) is 18.9 Å². The molecule has 1 unspecified atom stereocenters. The van der Waals surface area contributed by atoms with Gasteiger partial charge in [0.25, 0.3) is 0 Å². The maximum absolute atomic E-state index is 6.27. The molecule has 0 amide bonds. The van der Waals surface area contributed by atoms with Gasteiger partial charge < -0.3 is 16.8 Å². The highest BCUT2D eigenvalue weighted by Crippen LogP contribution is 2.33. The number of allylic oxidation sites excluding steroid dienone is 2. The fourth-order valence-electron chi connectivity index (χ4n) is 2.07. The minimum Gasteiger partial charge on any atom is -0.390 e. The normalized spacial score (nSPS) is 13.7. The molecule has 0 aliphatic rings. The van der Waals surface area contributed by atoms with Crippen LogP contribution in [0.2, 0.25) is 10.0 Å². The molecule has 124 valence electrons. The zero-order valence-electron chi connectivity index (χ0n) is 13.3. The van der Waals surface area contributed by atoms with E-state index in [4.69, 9.17) is 34.7 Å². The largest absolute Gasteiger partial charge is 0.390 e. The SMILES string of the molecule is C=C(NCC(N)C(/C=C\C)=C/C)c1c(Cl)cc(N=CN)cc1Cl. The highest BCUT2D eigenvalue weighted by atomic mass is 35.5. The Morgan fingerprint density at radius 1 is 1.35 bits per heavy atom.